The van der Waals surface area contributed by atoms with E-state index in [2.05, 4.69) is 22.9 Å². The summed E-state index contributed by atoms with van der Waals surface area (Å²) in [5.74, 6) is -0.114. The Balaban J connectivity index is 1.46. The minimum absolute atomic E-state index is 0.133. The van der Waals surface area contributed by atoms with Gasteiger partial charge in [-0.15, -0.1) is 0 Å². The molecule has 0 aliphatic carbocycles. The summed E-state index contributed by atoms with van der Waals surface area (Å²) in [7, 11) is 1.91. The smallest absolute Gasteiger partial charge is 0.325 e. The lowest BCUT2D eigenvalue weighted by Crippen LogP contribution is -2.57. The van der Waals surface area contributed by atoms with Crippen LogP contribution in [0.15, 0.2) is 18.2 Å². The SMILES string of the molecule is Cc1ccc(NC(=O)NC(=O)C2CCCO2)cc1C1CC2CNC(C)CC2N(C)C1=O. The number of nitrogens with zero attached hydrogens (tertiary/aromatic N) is 1. The molecule has 4 amide bonds. The molecule has 1 aromatic carbocycles. The van der Waals surface area contributed by atoms with Gasteiger partial charge in [-0.1, -0.05) is 6.07 Å². The number of carbonyl (C=O) groups is 3. The van der Waals surface area contributed by atoms with Gasteiger partial charge in [0.1, 0.15) is 6.10 Å². The molecule has 168 valence electrons. The van der Waals surface area contributed by atoms with Crippen LogP contribution in [-0.2, 0) is 14.3 Å². The molecule has 5 atom stereocenters. The van der Waals surface area contributed by atoms with Gasteiger partial charge in [0.05, 0.1) is 5.92 Å². The Kier molecular flexibility index (Phi) is 6.29. The van der Waals surface area contributed by atoms with E-state index in [9.17, 15) is 14.4 Å². The van der Waals surface area contributed by atoms with Crippen LogP contribution in [0.25, 0.3) is 0 Å². The Hall–Kier alpha value is -2.45. The van der Waals surface area contributed by atoms with Crippen LogP contribution in [-0.4, -0.2) is 61.1 Å². The van der Waals surface area contributed by atoms with Crippen LogP contribution in [0.1, 0.15) is 49.7 Å². The lowest BCUT2D eigenvalue weighted by Gasteiger charge is -2.47. The Morgan fingerprint density at radius 1 is 1.26 bits per heavy atom. The highest BCUT2D eigenvalue weighted by molar-refractivity contribution is 6.02. The highest BCUT2D eigenvalue weighted by Gasteiger charge is 2.43. The predicted octanol–water partition coefficient (Wildman–Crippen LogP) is 2.13. The normalized spacial score (nSPS) is 30.6. The van der Waals surface area contributed by atoms with Gasteiger partial charge in [-0.25, -0.2) is 4.79 Å². The van der Waals surface area contributed by atoms with Crippen LogP contribution in [0.3, 0.4) is 0 Å². The molecule has 5 unspecified atom stereocenters. The number of carbonyl (C=O) groups excluding carboxylic acids is 3. The van der Waals surface area contributed by atoms with Gasteiger partial charge < -0.3 is 20.3 Å². The van der Waals surface area contributed by atoms with Gasteiger partial charge in [-0.3, -0.25) is 14.9 Å². The van der Waals surface area contributed by atoms with Crippen molar-refractivity contribution in [1.82, 2.24) is 15.5 Å². The molecule has 31 heavy (non-hydrogen) atoms. The van der Waals surface area contributed by atoms with Crippen molar-refractivity contribution >= 4 is 23.5 Å². The number of aryl methyl sites for hydroxylation is 1. The molecule has 3 fully saturated rings. The van der Waals surface area contributed by atoms with Gasteiger partial charge in [0, 0.05) is 38.0 Å². The van der Waals surface area contributed by atoms with Gasteiger partial charge in [0.25, 0.3) is 5.91 Å². The Bertz CT molecular complexity index is 867. The quantitative estimate of drug-likeness (QED) is 0.685. The number of likely N-dealkylation sites (N-methyl/N-ethyl adjacent to an activating group) is 1. The van der Waals surface area contributed by atoms with Crippen LogP contribution in [0.4, 0.5) is 10.5 Å². The van der Waals surface area contributed by atoms with E-state index >= 15 is 0 Å². The van der Waals surface area contributed by atoms with Crippen molar-refractivity contribution < 1.29 is 19.1 Å². The van der Waals surface area contributed by atoms with Gasteiger partial charge in [0.2, 0.25) is 5.91 Å². The Morgan fingerprint density at radius 2 is 2.06 bits per heavy atom. The van der Waals surface area contributed by atoms with E-state index < -0.39 is 18.0 Å². The van der Waals surface area contributed by atoms with Crippen LogP contribution >= 0.6 is 0 Å². The van der Waals surface area contributed by atoms with Gasteiger partial charge in [-0.05, 0) is 68.7 Å². The number of benzene rings is 1. The van der Waals surface area contributed by atoms with Crippen molar-refractivity contribution in [1.29, 1.82) is 0 Å². The first-order valence-corrected chi connectivity index (χ1v) is 11.2. The number of likely N-dealkylation sites (tertiary alicyclic amines) is 1. The number of urea groups is 1. The molecule has 3 aliphatic heterocycles. The van der Waals surface area contributed by atoms with E-state index in [1.54, 1.807) is 6.07 Å². The molecular weight excluding hydrogens is 396 g/mol. The maximum atomic E-state index is 13.2. The van der Waals surface area contributed by atoms with E-state index in [0.717, 1.165) is 36.9 Å². The fraction of sp³-hybridized carbons (Fsp3) is 0.609. The standard InChI is InChI=1S/C23H32N4O4/c1-13-6-7-16(25-23(30)26-21(28)20-5-4-8-31-20)11-17(13)18-10-15-12-24-14(2)9-19(15)27(3)22(18)29/h6-7,11,14-15,18-20,24H,4-5,8-10,12H2,1-3H3,(H2,25,26,28,30). The summed E-state index contributed by atoms with van der Waals surface area (Å²) in [5.41, 5.74) is 2.51. The molecule has 3 aliphatic rings. The van der Waals surface area contributed by atoms with Crippen LogP contribution in [0, 0.1) is 12.8 Å². The van der Waals surface area contributed by atoms with Crippen molar-refractivity contribution in [3.8, 4) is 0 Å². The number of piperidine rings is 2. The van der Waals surface area contributed by atoms with Crippen LogP contribution in [0.5, 0.6) is 0 Å². The first-order valence-electron chi connectivity index (χ1n) is 11.2. The second kappa shape index (κ2) is 8.96. The number of amides is 4. The van der Waals surface area contributed by atoms with Gasteiger partial charge in [0.15, 0.2) is 0 Å². The van der Waals surface area contributed by atoms with Crippen molar-refractivity contribution in [3.05, 3.63) is 29.3 Å². The molecule has 4 rings (SSSR count). The monoisotopic (exact) mass is 428 g/mol. The summed E-state index contributed by atoms with van der Waals surface area (Å²) in [6.07, 6.45) is 2.65. The first kappa shape index (κ1) is 21.8. The second-order valence-corrected chi connectivity index (χ2v) is 9.13. The van der Waals surface area contributed by atoms with E-state index in [4.69, 9.17) is 4.74 Å². The van der Waals surface area contributed by atoms with Crippen LogP contribution in [0.2, 0.25) is 0 Å². The number of hydrogen-bond acceptors (Lipinski definition) is 5. The molecule has 3 heterocycles. The molecule has 8 nitrogen and oxygen atoms in total. The topological polar surface area (TPSA) is 99.8 Å². The number of anilines is 1. The molecule has 3 N–H and O–H groups in total. The number of nitrogens with one attached hydrogen (secondary N) is 3. The van der Waals surface area contributed by atoms with Crippen molar-refractivity contribution in [2.24, 2.45) is 5.92 Å². The zero-order valence-electron chi connectivity index (χ0n) is 18.4. The van der Waals surface area contributed by atoms with Gasteiger partial charge in [-0.2, -0.15) is 0 Å². The lowest BCUT2D eigenvalue weighted by atomic mass is 9.75. The third-order valence-electron chi connectivity index (χ3n) is 6.92. The number of imide groups is 1. The molecule has 3 saturated heterocycles. The average Bonchev–Trinajstić information content (AvgIpc) is 3.28. The summed E-state index contributed by atoms with van der Waals surface area (Å²) >= 11 is 0. The zero-order chi connectivity index (χ0) is 22.1. The molecular formula is C23H32N4O4. The third kappa shape index (κ3) is 4.60. The van der Waals surface area contributed by atoms with Crippen molar-refractivity contribution in [2.45, 2.75) is 63.6 Å². The predicted molar refractivity (Wildman–Crippen MR) is 117 cm³/mol. The summed E-state index contributed by atoms with van der Waals surface area (Å²) in [5, 5.41) is 8.61. The zero-order valence-corrected chi connectivity index (χ0v) is 18.4. The number of fused-ring (bicyclic) bond motifs is 1. The summed E-state index contributed by atoms with van der Waals surface area (Å²) in [6.45, 7) is 5.60. The van der Waals surface area contributed by atoms with Crippen molar-refractivity contribution in [2.75, 3.05) is 25.5 Å². The highest BCUT2D eigenvalue weighted by Crippen LogP contribution is 2.39. The molecule has 8 heteroatoms. The second-order valence-electron chi connectivity index (χ2n) is 9.13. The number of hydrogen-bond donors (Lipinski definition) is 3. The summed E-state index contributed by atoms with van der Waals surface area (Å²) < 4.78 is 5.31. The molecule has 0 radical (unpaired) electrons. The first-order chi connectivity index (χ1) is 14.8. The van der Waals surface area contributed by atoms with E-state index in [-0.39, 0.29) is 17.9 Å². The average molecular weight is 429 g/mol. The summed E-state index contributed by atoms with van der Waals surface area (Å²) in [4.78, 5) is 39.5. The van der Waals surface area contributed by atoms with E-state index in [1.807, 2.05) is 31.0 Å². The number of ether oxygens (including phenoxy) is 1. The molecule has 0 spiro atoms. The van der Waals surface area contributed by atoms with E-state index in [0.29, 0.717) is 30.7 Å². The highest BCUT2D eigenvalue weighted by atomic mass is 16.5. The summed E-state index contributed by atoms with van der Waals surface area (Å²) in [6, 6.07) is 5.66. The van der Waals surface area contributed by atoms with Gasteiger partial charge >= 0.3 is 6.03 Å². The Morgan fingerprint density at radius 3 is 2.81 bits per heavy atom. The molecule has 0 bridgehead atoms. The lowest BCUT2D eigenvalue weighted by molar-refractivity contribution is -0.140. The minimum atomic E-state index is -0.590. The molecule has 0 saturated carbocycles. The largest absolute Gasteiger partial charge is 0.368 e. The van der Waals surface area contributed by atoms with E-state index in [1.165, 1.54) is 0 Å². The maximum Gasteiger partial charge on any atom is 0.325 e. The molecule has 0 aromatic heterocycles. The van der Waals surface area contributed by atoms with Crippen molar-refractivity contribution in [3.63, 3.8) is 0 Å². The van der Waals surface area contributed by atoms with Crippen LogP contribution < -0.4 is 16.0 Å². The maximum absolute atomic E-state index is 13.2. The minimum Gasteiger partial charge on any atom is -0.368 e. The Labute approximate surface area is 183 Å². The molecule has 1 aromatic rings. The fourth-order valence-corrected chi connectivity index (χ4v) is 5.15. The fourth-order valence-electron chi connectivity index (χ4n) is 5.15. The number of rotatable bonds is 3. The third-order valence-corrected chi connectivity index (χ3v) is 6.92.